The van der Waals surface area contributed by atoms with E-state index in [1.165, 1.54) is 12.1 Å². The standard InChI is InChI=1S/C40H47ClF2N2O6/c1-26-29(7-4-8-34(26)35-9-5-10-37(27(35)2)49-14-6-12-45-13-11-33(48)21-45)23-51-39-19-38(50-22-28-15-31(42)18-32(43)16-28)30(17-36(39)41)20-44-40(3,24-46)25-47/h4-5,7-10,15-19,33,44,46-48H,6,11-14,20-25H2,1-3H3/t33-/m1/s1. The van der Waals surface area contributed by atoms with Crippen molar-refractivity contribution < 1.29 is 38.3 Å². The van der Waals surface area contributed by atoms with Gasteiger partial charge in [-0.25, -0.2) is 8.78 Å². The van der Waals surface area contributed by atoms with Crippen molar-refractivity contribution >= 4 is 11.6 Å². The first-order chi connectivity index (χ1) is 24.5. The van der Waals surface area contributed by atoms with Gasteiger partial charge in [-0.05, 0) is 91.3 Å². The van der Waals surface area contributed by atoms with Crippen LogP contribution in [0.15, 0.2) is 66.7 Å². The van der Waals surface area contributed by atoms with Gasteiger partial charge < -0.3 is 39.7 Å². The highest BCUT2D eigenvalue weighted by Crippen LogP contribution is 2.36. The molecule has 0 saturated carbocycles. The third-order valence-corrected chi connectivity index (χ3v) is 9.66. The molecule has 51 heavy (non-hydrogen) atoms. The number of benzene rings is 4. The normalized spacial score (nSPS) is 15.0. The molecule has 0 unspecified atom stereocenters. The van der Waals surface area contributed by atoms with Gasteiger partial charge >= 0.3 is 0 Å². The van der Waals surface area contributed by atoms with Crippen LogP contribution in [0.4, 0.5) is 8.78 Å². The SMILES string of the molecule is Cc1c(COc2cc(OCc3cc(F)cc(F)c3)c(CNC(C)(CO)CO)cc2Cl)cccc1-c1cccc(OCCCN2CC[C@@H](O)C2)c1C. The molecular formula is C40H47ClF2N2O6. The summed E-state index contributed by atoms with van der Waals surface area (Å²) in [4.78, 5) is 2.27. The number of likely N-dealkylation sites (tertiary alicyclic amines) is 1. The van der Waals surface area contributed by atoms with E-state index in [1.54, 1.807) is 19.1 Å². The monoisotopic (exact) mass is 724 g/mol. The van der Waals surface area contributed by atoms with E-state index >= 15 is 0 Å². The van der Waals surface area contributed by atoms with Crippen molar-refractivity contribution in [2.24, 2.45) is 0 Å². The first-order valence-electron chi connectivity index (χ1n) is 17.2. The third kappa shape index (κ3) is 10.2. The van der Waals surface area contributed by atoms with Gasteiger partial charge in [-0.2, -0.15) is 0 Å². The predicted octanol–water partition coefficient (Wildman–Crippen LogP) is 6.73. The molecule has 0 amide bonds. The minimum absolute atomic E-state index is 0.119. The van der Waals surface area contributed by atoms with E-state index in [9.17, 15) is 24.1 Å². The lowest BCUT2D eigenvalue weighted by molar-refractivity contribution is 0.103. The molecule has 0 spiro atoms. The van der Waals surface area contributed by atoms with Crippen LogP contribution in [0.3, 0.4) is 0 Å². The Kier molecular flexibility index (Phi) is 13.3. The summed E-state index contributed by atoms with van der Waals surface area (Å²) >= 11 is 6.71. The van der Waals surface area contributed by atoms with Crippen LogP contribution in [0, 0.1) is 25.5 Å². The van der Waals surface area contributed by atoms with E-state index in [4.69, 9.17) is 25.8 Å². The van der Waals surface area contributed by atoms with Crippen molar-refractivity contribution in [1.29, 1.82) is 0 Å². The molecule has 11 heteroatoms. The molecule has 1 atom stereocenters. The predicted molar refractivity (Wildman–Crippen MR) is 194 cm³/mol. The summed E-state index contributed by atoms with van der Waals surface area (Å²) in [6.45, 7) is 8.57. The summed E-state index contributed by atoms with van der Waals surface area (Å²) < 4.78 is 46.2. The molecule has 1 heterocycles. The van der Waals surface area contributed by atoms with Crippen molar-refractivity contribution in [1.82, 2.24) is 10.2 Å². The zero-order chi connectivity index (χ0) is 36.5. The smallest absolute Gasteiger partial charge is 0.142 e. The quantitative estimate of drug-likeness (QED) is 0.0890. The average Bonchev–Trinajstić information content (AvgIpc) is 3.53. The van der Waals surface area contributed by atoms with E-state index in [-0.39, 0.29) is 39.1 Å². The van der Waals surface area contributed by atoms with Crippen molar-refractivity contribution in [2.75, 3.05) is 39.5 Å². The Hall–Kier alpha value is -3.77. The fourth-order valence-corrected chi connectivity index (χ4v) is 6.36. The largest absolute Gasteiger partial charge is 0.493 e. The van der Waals surface area contributed by atoms with E-state index in [2.05, 4.69) is 29.3 Å². The molecule has 1 aliphatic heterocycles. The van der Waals surface area contributed by atoms with E-state index in [1.807, 2.05) is 31.2 Å². The molecule has 1 saturated heterocycles. The Balaban J connectivity index is 1.31. The minimum atomic E-state index is -0.963. The van der Waals surface area contributed by atoms with Crippen LogP contribution in [-0.4, -0.2) is 71.3 Å². The van der Waals surface area contributed by atoms with Gasteiger partial charge in [-0.1, -0.05) is 41.9 Å². The van der Waals surface area contributed by atoms with Crippen molar-refractivity contribution in [3.8, 4) is 28.4 Å². The Morgan fingerprint density at radius 3 is 2.22 bits per heavy atom. The fourth-order valence-electron chi connectivity index (χ4n) is 6.12. The summed E-state index contributed by atoms with van der Waals surface area (Å²) in [5.41, 5.74) is 5.09. The number of hydrogen-bond acceptors (Lipinski definition) is 8. The van der Waals surface area contributed by atoms with E-state index < -0.39 is 17.2 Å². The van der Waals surface area contributed by atoms with Crippen LogP contribution < -0.4 is 19.5 Å². The first-order valence-corrected chi connectivity index (χ1v) is 17.6. The number of halogens is 3. The topological polar surface area (TPSA) is 104 Å². The lowest BCUT2D eigenvalue weighted by Crippen LogP contribution is -2.48. The zero-order valence-electron chi connectivity index (χ0n) is 29.4. The Morgan fingerprint density at radius 1 is 0.843 bits per heavy atom. The highest BCUT2D eigenvalue weighted by atomic mass is 35.5. The van der Waals surface area contributed by atoms with Crippen LogP contribution >= 0.6 is 11.6 Å². The molecule has 0 bridgehead atoms. The number of hydrogen-bond donors (Lipinski definition) is 4. The van der Waals surface area contributed by atoms with Gasteiger partial charge in [0.05, 0.1) is 36.5 Å². The molecular weight excluding hydrogens is 678 g/mol. The second-order valence-electron chi connectivity index (χ2n) is 13.4. The van der Waals surface area contributed by atoms with Crippen LogP contribution in [0.25, 0.3) is 11.1 Å². The average molecular weight is 725 g/mol. The van der Waals surface area contributed by atoms with Gasteiger partial charge in [0.25, 0.3) is 0 Å². The number of nitrogens with one attached hydrogen (secondary N) is 1. The molecule has 0 aromatic heterocycles. The van der Waals surface area contributed by atoms with Gasteiger partial charge in [-0.3, -0.25) is 0 Å². The van der Waals surface area contributed by atoms with Gasteiger partial charge in [-0.15, -0.1) is 0 Å². The van der Waals surface area contributed by atoms with Crippen LogP contribution in [0.2, 0.25) is 5.02 Å². The lowest BCUT2D eigenvalue weighted by atomic mass is 9.93. The van der Waals surface area contributed by atoms with Gasteiger partial charge in [0.2, 0.25) is 0 Å². The highest BCUT2D eigenvalue weighted by molar-refractivity contribution is 6.32. The lowest BCUT2D eigenvalue weighted by Gasteiger charge is -2.27. The molecule has 0 aliphatic carbocycles. The Labute approximate surface area is 303 Å². The summed E-state index contributed by atoms with van der Waals surface area (Å²) in [5, 5.41) is 32.7. The summed E-state index contributed by atoms with van der Waals surface area (Å²) in [5.74, 6) is 0.135. The highest BCUT2D eigenvalue weighted by Gasteiger charge is 2.23. The Bertz CT molecular complexity index is 1770. The summed E-state index contributed by atoms with van der Waals surface area (Å²) in [6.07, 6.45) is 1.49. The molecule has 5 rings (SSSR count). The molecule has 0 radical (unpaired) electrons. The van der Waals surface area contributed by atoms with Gasteiger partial charge in [0.1, 0.15) is 42.1 Å². The van der Waals surface area contributed by atoms with Gasteiger partial charge in [0, 0.05) is 43.9 Å². The van der Waals surface area contributed by atoms with Crippen LogP contribution in [-0.2, 0) is 19.8 Å². The maximum Gasteiger partial charge on any atom is 0.142 e. The van der Waals surface area contributed by atoms with Crippen molar-refractivity contribution in [2.45, 2.75) is 65.0 Å². The molecule has 8 nitrogen and oxygen atoms in total. The van der Waals surface area contributed by atoms with E-state index in [0.29, 0.717) is 34.3 Å². The van der Waals surface area contributed by atoms with E-state index in [0.717, 1.165) is 72.1 Å². The number of nitrogens with zero attached hydrogens (tertiary/aromatic N) is 1. The molecule has 4 aromatic rings. The minimum Gasteiger partial charge on any atom is -0.493 e. The van der Waals surface area contributed by atoms with Crippen LogP contribution in [0.5, 0.6) is 17.2 Å². The second kappa shape index (κ2) is 17.6. The zero-order valence-corrected chi connectivity index (χ0v) is 30.1. The summed E-state index contributed by atoms with van der Waals surface area (Å²) in [6, 6.07) is 18.6. The van der Waals surface area contributed by atoms with Crippen molar-refractivity contribution in [3.63, 3.8) is 0 Å². The maximum atomic E-state index is 13.9. The second-order valence-corrected chi connectivity index (χ2v) is 13.8. The third-order valence-electron chi connectivity index (χ3n) is 9.36. The number of aliphatic hydroxyl groups is 3. The molecule has 4 aromatic carbocycles. The molecule has 274 valence electrons. The van der Waals surface area contributed by atoms with Crippen molar-refractivity contribution in [3.05, 3.63) is 111 Å². The number of β-amino-alcohol motifs (C(OH)–C–C–N with tert-alkyl or cyclic N) is 1. The van der Waals surface area contributed by atoms with Crippen LogP contribution in [0.1, 0.15) is 47.6 Å². The van der Waals surface area contributed by atoms with Gasteiger partial charge in [0.15, 0.2) is 0 Å². The number of ether oxygens (including phenoxy) is 3. The molecule has 1 aliphatic rings. The number of aliphatic hydroxyl groups excluding tert-OH is 3. The fraction of sp³-hybridized carbons (Fsp3) is 0.400. The summed E-state index contributed by atoms with van der Waals surface area (Å²) in [7, 11) is 0. The molecule has 1 fully saturated rings. The molecule has 4 N–H and O–H groups in total. The Morgan fingerprint density at radius 2 is 1.53 bits per heavy atom. The maximum absolute atomic E-state index is 13.9. The number of rotatable bonds is 17. The first kappa shape index (κ1) is 38.5.